The zero-order chi connectivity index (χ0) is 69.7. The van der Waals surface area contributed by atoms with Crippen LogP contribution in [-0.4, -0.2) is 140 Å². The average Bonchev–Trinajstić information content (AvgIpc) is 1.30. The summed E-state index contributed by atoms with van der Waals surface area (Å²) in [6, 6.07) is 0. The van der Waals surface area contributed by atoms with Gasteiger partial charge in [0.05, 0.1) is 51.7 Å². The first kappa shape index (κ1) is 105. The summed E-state index contributed by atoms with van der Waals surface area (Å²) in [5, 5.41) is 40.9. The molecule has 0 aromatic heterocycles. The van der Waals surface area contributed by atoms with Crippen molar-refractivity contribution >= 4 is 29.8 Å². The van der Waals surface area contributed by atoms with Gasteiger partial charge in [0.25, 0.3) is 0 Å². The number of ether oxygens (including phenoxy) is 7. The van der Waals surface area contributed by atoms with Gasteiger partial charge in [-0.2, -0.15) is 35.1 Å². The maximum absolute atomic E-state index is 14.0. The highest BCUT2D eigenvalue weighted by Gasteiger charge is 2.83. The first-order valence-corrected chi connectivity index (χ1v) is 31.3. The van der Waals surface area contributed by atoms with E-state index in [9.17, 15) is 79.5 Å². The summed E-state index contributed by atoms with van der Waals surface area (Å²) in [5.41, 5.74) is -12.6. The van der Waals surface area contributed by atoms with Gasteiger partial charge in [-0.3, -0.25) is 19.2 Å². The molecule has 0 amide bonds. The van der Waals surface area contributed by atoms with Crippen LogP contribution in [0.3, 0.4) is 0 Å². The van der Waals surface area contributed by atoms with Crippen LogP contribution in [0.15, 0.2) is 0 Å². The standard InChI is InChI=1S/C22H38O4.C19H33F3O4.C12H17F5O4.C12H20O4.8CH4/c1-8-17(2,3)16(23)26-22-11-15-9-20(13-22,18(4,5)24)12-21(10-15,14-22)19(6,7)25;1-7-16(2,3)15(23)26-14-10-8-13(9-11-14)17(4,5)25-12-18(6,24)19(20,21)22;1-5-8(2,3)7(18)21-9(4)6-20-11(19,10(9,13)14)12(15,16)17;1-6-11(2,3)10(14)16-8-9(13)15-7-12(8,4)5;;;;;;;;/h15,24-25H,8-14H2,1-7H3;13-14,24H,7-12H2,1-6H3;19H,5-6H2,1-4H3;8H,6-7H2,1-5H3;8*1H4. The van der Waals surface area contributed by atoms with E-state index in [1.165, 1.54) is 13.8 Å². The van der Waals surface area contributed by atoms with Crippen LogP contribution >= 0.6 is 0 Å². The number of halogens is 8. The molecule has 2 heterocycles. The van der Waals surface area contributed by atoms with E-state index in [4.69, 9.17) is 23.7 Å². The Balaban J connectivity index is -0.000000281. The Hall–Kier alpha value is -3.45. The summed E-state index contributed by atoms with van der Waals surface area (Å²) in [6.07, 6.45) is -1.30. The fraction of sp³-hybridized carbons (Fsp3) is 0.932. The van der Waals surface area contributed by atoms with Crippen molar-refractivity contribution in [3.8, 4) is 0 Å². The van der Waals surface area contributed by atoms with Crippen molar-refractivity contribution in [1.82, 2.24) is 0 Å². The average molecular weight is 1430 g/mol. The monoisotopic (exact) mass is 1430 g/mol. The molecule has 7 rings (SSSR count). The lowest BCUT2D eigenvalue weighted by molar-refractivity contribution is -0.409. The molecule has 4 N–H and O–H groups in total. The number of aliphatic hydroxyl groups is 4. The van der Waals surface area contributed by atoms with E-state index in [2.05, 4.69) is 9.47 Å². The quantitative estimate of drug-likeness (QED) is 0.0568. The second-order valence-corrected chi connectivity index (χ2v) is 31.8. The van der Waals surface area contributed by atoms with Crippen LogP contribution in [0.1, 0.15) is 302 Å². The van der Waals surface area contributed by atoms with Gasteiger partial charge in [-0.25, -0.2) is 4.79 Å². The van der Waals surface area contributed by atoms with E-state index in [0.717, 1.165) is 39.0 Å². The Morgan fingerprint density at radius 3 is 1.24 bits per heavy atom. The fourth-order valence-corrected chi connectivity index (χ4v) is 12.1. The van der Waals surface area contributed by atoms with E-state index in [1.54, 1.807) is 20.8 Å². The highest BCUT2D eigenvalue weighted by atomic mass is 19.4. The lowest BCUT2D eigenvalue weighted by Crippen LogP contribution is -2.70. The van der Waals surface area contributed by atoms with Gasteiger partial charge in [0, 0.05) is 16.2 Å². The Bertz CT molecular complexity index is 2450. The molecule has 6 atom stereocenters. The number of carbonyl (C=O) groups is 5. The van der Waals surface area contributed by atoms with Crippen LogP contribution in [0.5, 0.6) is 0 Å². The molecule has 2 aliphatic heterocycles. The molecular weight excluding hydrogens is 1280 g/mol. The van der Waals surface area contributed by atoms with Gasteiger partial charge in [-0.15, -0.1) is 0 Å². The summed E-state index contributed by atoms with van der Waals surface area (Å²) >= 11 is 0. The van der Waals surface area contributed by atoms with Gasteiger partial charge in [-0.1, -0.05) is 101 Å². The summed E-state index contributed by atoms with van der Waals surface area (Å²) in [6.45, 7) is 35.8. The molecule has 0 aromatic carbocycles. The number of hydrogen-bond acceptors (Lipinski definition) is 16. The molecule has 0 spiro atoms. The van der Waals surface area contributed by atoms with E-state index >= 15 is 0 Å². The van der Waals surface area contributed by atoms with Crippen molar-refractivity contribution < 1.29 is 113 Å². The summed E-state index contributed by atoms with van der Waals surface area (Å²) in [7, 11) is 0. The maximum Gasteiger partial charge on any atom is 0.449 e. The molecule has 16 nitrogen and oxygen atoms in total. The molecule has 584 valence electrons. The summed E-state index contributed by atoms with van der Waals surface area (Å²) < 4.78 is 140. The van der Waals surface area contributed by atoms with Crippen LogP contribution in [0.2, 0.25) is 0 Å². The van der Waals surface area contributed by atoms with Crippen LogP contribution in [0.4, 0.5) is 35.1 Å². The molecule has 5 saturated carbocycles. The highest BCUT2D eigenvalue weighted by Crippen LogP contribution is 2.72. The Morgan fingerprint density at radius 1 is 0.536 bits per heavy atom. The normalized spacial score (nSPS) is 28.5. The van der Waals surface area contributed by atoms with Crippen LogP contribution < -0.4 is 0 Å². The number of cyclic esters (lactones) is 1. The second-order valence-electron chi connectivity index (χ2n) is 31.8. The van der Waals surface area contributed by atoms with Gasteiger partial charge in [0.15, 0.2) is 5.60 Å². The van der Waals surface area contributed by atoms with Gasteiger partial charge in [0.2, 0.25) is 11.7 Å². The highest BCUT2D eigenvalue weighted by molar-refractivity contribution is 5.84. The fourth-order valence-electron chi connectivity index (χ4n) is 12.1. The van der Waals surface area contributed by atoms with Crippen molar-refractivity contribution in [2.75, 3.05) is 19.8 Å². The Labute approximate surface area is 581 Å². The molecule has 0 radical (unpaired) electrons. The molecular formula is C73H140F8O16. The van der Waals surface area contributed by atoms with Crippen molar-refractivity contribution in [1.29, 1.82) is 0 Å². The second kappa shape index (κ2) is 34.7. The molecule has 24 heteroatoms. The van der Waals surface area contributed by atoms with E-state index in [-0.39, 0.29) is 107 Å². The Morgan fingerprint density at radius 2 is 0.907 bits per heavy atom. The molecule has 5 aliphatic carbocycles. The van der Waals surface area contributed by atoms with Gasteiger partial charge in [-0.05, 0) is 213 Å². The molecule has 97 heavy (non-hydrogen) atoms. The van der Waals surface area contributed by atoms with E-state index in [1.807, 2.05) is 104 Å². The third-order valence-electron chi connectivity index (χ3n) is 21.0. The number of alkyl halides is 8. The Kier molecular flexibility index (Phi) is 37.4. The number of hydrogen-bond donors (Lipinski definition) is 4. The lowest BCUT2D eigenvalue weighted by Gasteiger charge is -2.70. The number of carbonyl (C=O) groups excluding carboxylic acids is 5. The van der Waals surface area contributed by atoms with Crippen molar-refractivity contribution in [2.24, 2.45) is 49.7 Å². The molecule has 4 bridgehead atoms. The van der Waals surface area contributed by atoms with Crippen LogP contribution in [0.25, 0.3) is 0 Å². The third kappa shape index (κ3) is 22.5. The lowest BCUT2D eigenvalue weighted by atomic mass is 9.37. The SMILES string of the molecule is C.C.C.C.C.C.C.C.CCC(C)(C)C(=O)OC1(C)COC(O)(C(F)(F)F)C1(F)F.CCC(C)(C)C(=O)OC12CC3CC(C(C)(C)O)(C1)CC(C(C)(C)O)(C3)C2.CCC(C)(C)C(=O)OC1C(=O)OCC1(C)C.CCC(C)(C)C(=O)OC1CCC(C(C)(C)OCC(C)(O)C(F)(F)F)CC1. The molecule has 7 fully saturated rings. The van der Waals surface area contributed by atoms with Crippen molar-refractivity contribution in [3.63, 3.8) is 0 Å². The molecule has 7 aliphatic rings. The smallest absolute Gasteiger partial charge is 0.449 e. The van der Waals surface area contributed by atoms with Crippen LogP contribution in [-0.2, 0) is 57.1 Å². The predicted octanol–water partition coefficient (Wildman–Crippen LogP) is 18.5. The topological polar surface area (TPSA) is 231 Å². The zero-order valence-corrected chi connectivity index (χ0v) is 57.0. The maximum atomic E-state index is 14.0. The van der Waals surface area contributed by atoms with Gasteiger partial charge in [0.1, 0.15) is 18.3 Å². The zero-order valence-electron chi connectivity index (χ0n) is 57.0. The predicted molar refractivity (Wildman–Crippen MR) is 367 cm³/mol. The van der Waals surface area contributed by atoms with Crippen LogP contribution in [0, 0.1) is 49.7 Å². The number of esters is 5. The molecule has 0 aromatic rings. The minimum absolute atomic E-state index is 0. The summed E-state index contributed by atoms with van der Waals surface area (Å²) in [4.78, 5) is 60.2. The molecule has 6 unspecified atom stereocenters. The summed E-state index contributed by atoms with van der Waals surface area (Å²) in [5.74, 6) is -11.3. The minimum atomic E-state index is -5.74. The van der Waals surface area contributed by atoms with Gasteiger partial charge < -0.3 is 53.6 Å². The largest absolute Gasteiger partial charge is 0.462 e. The van der Waals surface area contributed by atoms with Gasteiger partial charge >= 0.3 is 53.9 Å². The number of rotatable bonds is 18. The third-order valence-corrected chi connectivity index (χ3v) is 21.0. The molecule has 2 saturated heterocycles. The first-order chi connectivity index (χ1) is 39.6. The van der Waals surface area contributed by atoms with E-state index < -0.39 is 116 Å². The minimum Gasteiger partial charge on any atom is -0.462 e. The van der Waals surface area contributed by atoms with Crippen molar-refractivity contribution in [3.05, 3.63) is 0 Å². The van der Waals surface area contributed by atoms with Crippen molar-refractivity contribution in [2.45, 2.75) is 372 Å². The van der Waals surface area contributed by atoms with E-state index in [0.29, 0.717) is 70.8 Å². The first-order valence-electron chi connectivity index (χ1n) is 31.3.